The van der Waals surface area contributed by atoms with Crippen LogP contribution in [0.5, 0.6) is 0 Å². The predicted octanol–water partition coefficient (Wildman–Crippen LogP) is 2.54. The smallest absolute Gasteiger partial charge is 0.407 e. The van der Waals surface area contributed by atoms with Crippen molar-refractivity contribution < 1.29 is 14.3 Å². The summed E-state index contributed by atoms with van der Waals surface area (Å²) in [6, 6.07) is 0.916. The molecule has 2 aliphatic rings. The Hall–Kier alpha value is -0.810. The Balaban J connectivity index is 1.70. The molecule has 1 atom stereocenters. The monoisotopic (exact) mass is 298 g/mol. The standard InChI is InChI=1S/C16H30N2O3/c1-16(2,3)21-15(19)17-12-5-7-13(8-6-12)18-10-9-14(11-18)20-4/h12-14H,5-11H2,1-4H3,(H,17,19)/t12?,13?,14-/m1/s1. The van der Waals surface area contributed by atoms with Crippen molar-refractivity contribution >= 4 is 6.09 Å². The van der Waals surface area contributed by atoms with Crippen molar-refractivity contribution in [2.45, 2.75) is 76.7 Å². The second-order valence-corrected chi connectivity index (χ2v) is 7.29. The summed E-state index contributed by atoms with van der Waals surface area (Å²) in [5.74, 6) is 0. The number of nitrogens with one attached hydrogen (secondary N) is 1. The van der Waals surface area contributed by atoms with Gasteiger partial charge in [0.25, 0.3) is 0 Å². The summed E-state index contributed by atoms with van der Waals surface area (Å²) in [5, 5.41) is 3.00. The molecule has 1 aliphatic heterocycles. The first-order chi connectivity index (χ1) is 9.87. The minimum absolute atomic E-state index is 0.261. The maximum atomic E-state index is 11.8. The molecule has 0 unspecified atom stereocenters. The molecule has 5 nitrogen and oxygen atoms in total. The van der Waals surface area contributed by atoms with E-state index in [0.717, 1.165) is 45.2 Å². The molecule has 1 saturated carbocycles. The summed E-state index contributed by atoms with van der Waals surface area (Å²) < 4.78 is 10.8. The lowest BCUT2D eigenvalue weighted by atomic mass is 9.90. The number of hydrogen-bond acceptors (Lipinski definition) is 4. The summed E-state index contributed by atoms with van der Waals surface area (Å²) in [6.45, 7) is 7.88. The van der Waals surface area contributed by atoms with Gasteiger partial charge in [-0.3, -0.25) is 4.90 Å². The van der Waals surface area contributed by atoms with Gasteiger partial charge in [-0.25, -0.2) is 4.79 Å². The van der Waals surface area contributed by atoms with Crippen LogP contribution in [-0.4, -0.2) is 55.0 Å². The normalized spacial score (nSPS) is 31.1. The van der Waals surface area contributed by atoms with E-state index in [9.17, 15) is 4.79 Å². The Morgan fingerprint density at radius 2 is 1.81 bits per heavy atom. The van der Waals surface area contributed by atoms with Crippen LogP contribution in [0.15, 0.2) is 0 Å². The van der Waals surface area contributed by atoms with Gasteiger partial charge in [0.1, 0.15) is 5.60 Å². The highest BCUT2D eigenvalue weighted by atomic mass is 16.6. The van der Waals surface area contributed by atoms with Crippen molar-refractivity contribution in [2.75, 3.05) is 20.2 Å². The number of carbonyl (C=O) groups excluding carboxylic acids is 1. The number of carbonyl (C=O) groups is 1. The van der Waals surface area contributed by atoms with E-state index < -0.39 is 5.60 Å². The minimum atomic E-state index is -0.425. The Morgan fingerprint density at radius 1 is 1.14 bits per heavy atom. The predicted molar refractivity (Wildman–Crippen MR) is 82.4 cm³/mol. The first-order valence-corrected chi connectivity index (χ1v) is 8.14. The molecule has 1 N–H and O–H groups in total. The molecule has 0 spiro atoms. The molecular formula is C16H30N2O3. The van der Waals surface area contributed by atoms with Gasteiger partial charge in [0.15, 0.2) is 0 Å². The lowest BCUT2D eigenvalue weighted by Gasteiger charge is -2.35. The first-order valence-electron chi connectivity index (χ1n) is 8.14. The molecule has 0 aromatic rings. The molecule has 1 aliphatic carbocycles. The van der Waals surface area contributed by atoms with Gasteiger partial charge in [0.2, 0.25) is 0 Å². The van der Waals surface area contributed by atoms with Crippen LogP contribution < -0.4 is 5.32 Å². The summed E-state index contributed by atoms with van der Waals surface area (Å²) in [4.78, 5) is 14.3. The number of likely N-dealkylation sites (tertiary alicyclic amines) is 1. The number of ether oxygens (including phenoxy) is 2. The van der Waals surface area contributed by atoms with Crippen molar-refractivity contribution in [2.24, 2.45) is 0 Å². The third-order valence-electron chi connectivity index (χ3n) is 4.44. The zero-order valence-electron chi connectivity index (χ0n) is 13.9. The average Bonchev–Trinajstić information content (AvgIpc) is 2.86. The highest BCUT2D eigenvalue weighted by Gasteiger charge is 2.32. The Labute approximate surface area is 128 Å². The van der Waals surface area contributed by atoms with Crippen LogP contribution in [-0.2, 0) is 9.47 Å². The summed E-state index contributed by atoms with van der Waals surface area (Å²) >= 11 is 0. The number of methoxy groups -OCH3 is 1. The largest absolute Gasteiger partial charge is 0.444 e. The lowest BCUT2D eigenvalue weighted by molar-refractivity contribution is 0.0476. The molecule has 0 radical (unpaired) electrons. The third-order valence-corrected chi connectivity index (χ3v) is 4.44. The first kappa shape index (κ1) is 16.6. The van der Waals surface area contributed by atoms with E-state index in [4.69, 9.17) is 9.47 Å². The van der Waals surface area contributed by atoms with Crippen molar-refractivity contribution in [1.29, 1.82) is 0 Å². The van der Waals surface area contributed by atoms with Crippen LogP contribution >= 0.6 is 0 Å². The Kier molecular flexibility index (Phi) is 5.49. The Bertz CT molecular complexity index is 346. The van der Waals surface area contributed by atoms with Crippen LogP contribution in [0, 0.1) is 0 Å². The number of amides is 1. The Morgan fingerprint density at radius 3 is 2.33 bits per heavy atom. The fourth-order valence-electron chi connectivity index (χ4n) is 3.34. The van der Waals surface area contributed by atoms with Gasteiger partial charge >= 0.3 is 6.09 Å². The van der Waals surface area contributed by atoms with Gasteiger partial charge < -0.3 is 14.8 Å². The van der Waals surface area contributed by atoms with Gasteiger partial charge in [-0.2, -0.15) is 0 Å². The molecule has 122 valence electrons. The van der Waals surface area contributed by atoms with Crippen molar-refractivity contribution in [3.63, 3.8) is 0 Å². The molecule has 21 heavy (non-hydrogen) atoms. The fourth-order valence-corrected chi connectivity index (χ4v) is 3.34. The second kappa shape index (κ2) is 6.97. The number of alkyl carbamates (subject to hydrolysis) is 1. The molecular weight excluding hydrogens is 268 g/mol. The van der Waals surface area contributed by atoms with Crippen LogP contribution in [0.2, 0.25) is 0 Å². The summed E-state index contributed by atoms with van der Waals surface area (Å²) in [6.07, 6.45) is 5.64. The molecule has 0 aromatic carbocycles. The van der Waals surface area contributed by atoms with E-state index in [-0.39, 0.29) is 12.1 Å². The van der Waals surface area contributed by atoms with E-state index in [0.29, 0.717) is 12.1 Å². The zero-order chi connectivity index (χ0) is 15.5. The van der Waals surface area contributed by atoms with Gasteiger partial charge in [-0.05, 0) is 52.9 Å². The molecule has 2 fully saturated rings. The highest BCUT2D eigenvalue weighted by Crippen LogP contribution is 2.27. The number of rotatable bonds is 3. The SMILES string of the molecule is CO[C@@H]1CCN(C2CCC(NC(=O)OC(C)(C)C)CC2)C1. The maximum absolute atomic E-state index is 11.8. The summed E-state index contributed by atoms with van der Waals surface area (Å²) in [5.41, 5.74) is -0.425. The van der Waals surface area contributed by atoms with E-state index in [1.54, 1.807) is 7.11 Å². The molecule has 0 aromatic heterocycles. The lowest BCUT2D eigenvalue weighted by Crippen LogP contribution is -2.44. The molecule has 0 bridgehead atoms. The topological polar surface area (TPSA) is 50.8 Å². The van der Waals surface area contributed by atoms with Crippen LogP contribution in [0.3, 0.4) is 0 Å². The molecule has 1 heterocycles. The van der Waals surface area contributed by atoms with E-state index >= 15 is 0 Å². The van der Waals surface area contributed by atoms with Crippen molar-refractivity contribution in [3.8, 4) is 0 Å². The molecule has 1 amide bonds. The number of nitrogens with zero attached hydrogens (tertiary/aromatic N) is 1. The van der Waals surface area contributed by atoms with Crippen molar-refractivity contribution in [3.05, 3.63) is 0 Å². The highest BCUT2D eigenvalue weighted by molar-refractivity contribution is 5.68. The molecule has 5 heteroatoms. The van der Waals surface area contributed by atoms with Crippen molar-refractivity contribution in [1.82, 2.24) is 10.2 Å². The third kappa shape index (κ3) is 5.15. The van der Waals surface area contributed by atoms with Gasteiger partial charge in [0, 0.05) is 32.3 Å². The molecule has 2 rings (SSSR count). The van der Waals surface area contributed by atoms with E-state index in [1.807, 2.05) is 20.8 Å². The van der Waals surface area contributed by atoms with Crippen LogP contribution in [0.25, 0.3) is 0 Å². The second-order valence-electron chi connectivity index (χ2n) is 7.29. The average molecular weight is 298 g/mol. The van der Waals surface area contributed by atoms with Gasteiger partial charge in [-0.15, -0.1) is 0 Å². The summed E-state index contributed by atoms with van der Waals surface area (Å²) in [7, 11) is 1.80. The number of hydrogen-bond donors (Lipinski definition) is 1. The van der Waals surface area contributed by atoms with Crippen LogP contribution in [0.4, 0.5) is 4.79 Å². The quantitative estimate of drug-likeness (QED) is 0.870. The molecule has 1 saturated heterocycles. The van der Waals surface area contributed by atoms with Gasteiger partial charge in [-0.1, -0.05) is 0 Å². The fraction of sp³-hybridized carbons (Fsp3) is 0.938. The maximum Gasteiger partial charge on any atom is 0.407 e. The van der Waals surface area contributed by atoms with E-state index in [2.05, 4.69) is 10.2 Å². The van der Waals surface area contributed by atoms with E-state index in [1.165, 1.54) is 0 Å². The van der Waals surface area contributed by atoms with Gasteiger partial charge in [0.05, 0.1) is 6.10 Å². The van der Waals surface area contributed by atoms with Crippen LogP contribution in [0.1, 0.15) is 52.9 Å². The minimum Gasteiger partial charge on any atom is -0.444 e. The zero-order valence-corrected chi connectivity index (χ0v) is 13.9.